The molecule has 0 N–H and O–H groups in total. The van der Waals surface area contributed by atoms with Gasteiger partial charge < -0.3 is 0 Å². The molecular formula is C22H17N. The van der Waals surface area contributed by atoms with Crippen molar-refractivity contribution in [2.75, 3.05) is 0 Å². The number of hydrogen-bond acceptors (Lipinski definition) is 1. The maximum Gasteiger partial charge on any atom is 0.0678 e. The van der Waals surface area contributed by atoms with Crippen molar-refractivity contribution in [3.05, 3.63) is 74.8 Å². The van der Waals surface area contributed by atoms with Gasteiger partial charge in [0.1, 0.15) is 0 Å². The Hall–Kier alpha value is -2.41. The van der Waals surface area contributed by atoms with Gasteiger partial charge in [-0.2, -0.15) is 0 Å². The fraction of sp³-hybridized carbons (Fsp3) is 0.227. The van der Waals surface area contributed by atoms with Crippen LogP contribution in [-0.2, 0) is 6.42 Å². The highest BCUT2D eigenvalue weighted by atomic mass is 14.8. The quantitative estimate of drug-likeness (QED) is 0.537. The van der Waals surface area contributed by atoms with Gasteiger partial charge in [-0.05, 0) is 83.0 Å². The molecule has 1 heterocycles. The third-order valence-corrected chi connectivity index (χ3v) is 6.02. The summed E-state index contributed by atoms with van der Waals surface area (Å²) in [6.45, 7) is 6.77. The van der Waals surface area contributed by atoms with Crippen LogP contribution in [0.5, 0.6) is 0 Å². The summed E-state index contributed by atoms with van der Waals surface area (Å²) in [4.78, 5) is 5.08. The molecule has 0 saturated carbocycles. The lowest BCUT2D eigenvalue weighted by Gasteiger charge is -2.24. The molecule has 1 nitrogen and oxygen atoms in total. The summed E-state index contributed by atoms with van der Waals surface area (Å²) < 4.78 is 0. The van der Waals surface area contributed by atoms with Crippen LogP contribution in [0.15, 0.2) is 35.3 Å². The second-order valence-corrected chi connectivity index (χ2v) is 7.36. The van der Waals surface area contributed by atoms with Crippen LogP contribution < -0.4 is 0 Å². The maximum absolute atomic E-state index is 5.08. The van der Waals surface area contributed by atoms with E-state index in [1.165, 1.54) is 61.1 Å². The molecule has 2 aliphatic carbocycles. The lowest BCUT2D eigenvalue weighted by atomic mass is 9.78. The standard InChI is InChI=1S/C22H17N/c1-10-7-11(2)17-20-16(10)12(3)8-14-9-13-5-4-6-15-18(13)21(19(14)20)22(17)23-15/h4-8,21H,9H2,1-3H3. The molecule has 110 valence electrons. The Labute approximate surface area is 135 Å². The molecule has 1 unspecified atom stereocenters. The van der Waals surface area contributed by atoms with Crippen molar-refractivity contribution in [3.8, 4) is 0 Å². The van der Waals surface area contributed by atoms with Crippen molar-refractivity contribution in [2.45, 2.75) is 33.1 Å². The molecule has 3 aliphatic rings. The fourth-order valence-corrected chi connectivity index (χ4v) is 5.35. The summed E-state index contributed by atoms with van der Waals surface area (Å²) in [6.07, 6.45) is 1.06. The Balaban J connectivity index is 1.91. The molecule has 23 heavy (non-hydrogen) atoms. The van der Waals surface area contributed by atoms with E-state index in [2.05, 4.69) is 51.1 Å². The van der Waals surface area contributed by atoms with E-state index in [4.69, 9.17) is 4.99 Å². The summed E-state index contributed by atoms with van der Waals surface area (Å²) in [5, 5.41) is 2.96. The fourth-order valence-electron chi connectivity index (χ4n) is 5.35. The predicted molar refractivity (Wildman–Crippen MR) is 95.4 cm³/mol. The summed E-state index contributed by atoms with van der Waals surface area (Å²) >= 11 is 0. The van der Waals surface area contributed by atoms with Crippen molar-refractivity contribution < 1.29 is 0 Å². The molecule has 3 aromatic rings. The average molecular weight is 295 g/mol. The highest BCUT2D eigenvalue weighted by Crippen LogP contribution is 2.56. The zero-order chi connectivity index (χ0) is 15.5. The van der Waals surface area contributed by atoms with Crippen molar-refractivity contribution in [1.29, 1.82) is 0 Å². The molecule has 0 aromatic heterocycles. The van der Waals surface area contributed by atoms with Gasteiger partial charge in [-0.1, -0.05) is 24.3 Å². The largest absolute Gasteiger partial charge is 0.251 e. The number of fused-ring (bicyclic) bond motifs is 1. The Morgan fingerprint density at radius 1 is 0.870 bits per heavy atom. The van der Waals surface area contributed by atoms with E-state index < -0.39 is 0 Å². The highest BCUT2D eigenvalue weighted by molar-refractivity contribution is 6.26. The van der Waals surface area contributed by atoms with Gasteiger partial charge in [0.25, 0.3) is 0 Å². The lowest BCUT2D eigenvalue weighted by Crippen LogP contribution is -2.14. The first-order chi connectivity index (χ1) is 11.1. The minimum atomic E-state index is 0.392. The number of hydrogen-bond donors (Lipinski definition) is 0. The zero-order valence-electron chi connectivity index (χ0n) is 13.6. The third-order valence-electron chi connectivity index (χ3n) is 6.02. The summed E-state index contributed by atoms with van der Waals surface area (Å²) in [5.74, 6) is 0.392. The minimum Gasteiger partial charge on any atom is -0.251 e. The Kier molecular flexibility index (Phi) is 1.87. The Bertz CT molecular complexity index is 1120. The molecule has 6 rings (SSSR count). The van der Waals surface area contributed by atoms with Crippen LogP contribution in [0.25, 0.3) is 10.8 Å². The number of aryl methyl sites for hydroxylation is 3. The topological polar surface area (TPSA) is 12.4 Å². The van der Waals surface area contributed by atoms with Crippen molar-refractivity contribution in [3.63, 3.8) is 0 Å². The second kappa shape index (κ2) is 3.56. The van der Waals surface area contributed by atoms with E-state index in [-0.39, 0.29) is 0 Å². The molecule has 0 bridgehead atoms. The van der Waals surface area contributed by atoms with Crippen molar-refractivity contribution in [2.24, 2.45) is 4.99 Å². The molecule has 1 atom stereocenters. The van der Waals surface area contributed by atoms with Crippen LogP contribution in [0.4, 0.5) is 5.69 Å². The van der Waals surface area contributed by atoms with Gasteiger partial charge in [0, 0.05) is 5.56 Å². The third kappa shape index (κ3) is 1.18. The molecule has 1 aliphatic heterocycles. The van der Waals surface area contributed by atoms with E-state index in [9.17, 15) is 0 Å². The first-order valence-electron chi connectivity index (χ1n) is 8.42. The van der Waals surface area contributed by atoms with Crippen LogP contribution in [-0.4, -0.2) is 5.71 Å². The zero-order valence-corrected chi connectivity index (χ0v) is 13.6. The van der Waals surface area contributed by atoms with E-state index >= 15 is 0 Å². The number of rotatable bonds is 0. The Morgan fingerprint density at radius 2 is 1.70 bits per heavy atom. The summed E-state index contributed by atoms with van der Waals surface area (Å²) in [5.41, 5.74) is 14.1. The SMILES string of the molecule is Cc1cc(C)c2c(C)cc3c4c2c1C1=Nc2cccc(c2C14)C3. The maximum atomic E-state index is 5.08. The van der Waals surface area contributed by atoms with Gasteiger partial charge >= 0.3 is 0 Å². The van der Waals surface area contributed by atoms with Crippen molar-refractivity contribution >= 4 is 22.2 Å². The average Bonchev–Trinajstić information content (AvgIpc) is 3.02. The van der Waals surface area contributed by atoms with E-state index in [1.54, 1.807) is 5.56 Å². The van der Waals surface area contributed by atoms with Gasteiger partial charge in [-0.3, -0.25) is 4.99 Å². The van der Waals surface area contributed by atoms with Crippen LogP contribution in [0, 0.1) is 20.8 Å². The Morgan fingerprint density at radius 3 is 2.57 bits per heavy atom. The number of benzene rings is 3. The van der Waals surface area contributed by atoms with Crippen LogP contribution in [0.2, 0.25) is 0 Å². The van der Waals surface area contributed by atoms with Gasteiger partial charge in [0.2, 0.25) is 0 Å². The van der Waals surface area contributed by atoms with E-state index in [0.717, 1.165) is 6.42 Å². The number of aliphatic imine (C=N–C) groups is 1. The smallest absolute Gasteiger partial charge is 0.0678 e. The lowest BCUT2D eigenvalue weighted by molar-refractivity contribution is 0.987. The summed E-state index contributed by atoms with van der Waals surface area (Å²) in [7, 11) is 0. The van der Waals surface area contributed by atoms with Gasteiger partial charge in [0.15, 0.2) is 0 Å². The molecule has 0 amide bonds. The van der Waals surface area contributed by atoms with Crippen LogP contribution in [0.3, 0.4) is 0 Å². The predicted octanol–water partition coefficient (Wildman–Crippen LogP) is 5.25. The van der Waals surface area contributed by atoms with Gasteiger partial charge in [-0.15, -0.1) is 0 Å². The number of nitrogens with zero attached hydrogens (tertiary/aromatic N) is 1. The second-order valence-electron chi connectivity index (χ2n) is 7.36. The van der Waals surface area contributed by atoms with Crippen molar-refractivity contribution in [1.82, 2.24) is 0 Å². The van der Waals surface area contributed by atoms with Gasteiger partial charge in [0.05, 0.1) is 17.3 Å². The highest BCUT2D eigenvalue weighted by Gasteiger charge is 2.43. The molecule has 0 radical (unpaired) electrons. The molecule has 0 spiro atoms. The molecule has 1 heteroatoms. The summed E-state index contributed by atoms with van der Waals surface area (Å²) in [6, 6.07) is 11.4. The normalized spacial score (nSPS) is 18.7. The molecule has 0 fully saturated rings. The van der Waals surface area contributed by atoms with Crippen LogP contribution in [0.1, 0.15) is 50.4 Å². The van der Waals surface area contributed by atoms with E-state index in [0.29, 0.717) is 5.92 Å². The molecule has 3 aromatic carbocycles. The minimum absolute atomic E-state index is 0.392. The monoisotopic (exact) mass is 295 g/mol. The van der Waals surface area contributed by atoms with Crippen LogP contribution >= 0.6 is 0 Å². The molecule has 0 saturated heterocycles. The first kappa shape index (κ1) is 12.1. The first-order valence-corrected chi connectivity index (χ1v) is 8.42. The molecular weight excluding hydrogens is 278 g/mol. The van der Waals surface area contributed by atoms with Gasteiger partial charge in [-0.25, -0.2) is 0 Å². The van der Waals surface area contributed by atoms with E-state index in [1.807, 2.05) is 0 Å².